The summed E-state index contributed by atoms with van der Waals surface area (Å²) in [5.74, 6) is -5.61. The zero-order valence-corrected chi connectivity index (χ0v) is 15.4. The highest BCUT2D eigenvalue weighted by molar-refractivity contribution is 5.78. The summed E-state index contributed by atoms with van der Waals surface area (Å²) in [6.07, 6.45) is -2.55. The first-order chi connectivity index (χ1) is 10.8. The minimum atomic E-state index is -3.90. The molecule has 0 radical (unpaired) electrons. The Balaban J connectivity index is 5.37. The van der Waals surface area contributed by atoms with E-state index in [0.29, 0.717) is 0 Å². The van der Waals surface area contributed by atoms with Crippen LogP contribution in [-0.2, 0) is 19.0 Å². The van der Waals surface area contributed by atoms with Crippen molar-refractivity contribution in [1.82, 2.24) is 5.32 Å². The number of nitrogens with one attached hydrogen (secondary N) is 1. The lowest BCUT2D eigenvalue weighted by Gasteiger charge is -2.33. The van der Waals surface area contributed by atoms with Gasteiger partial charge in [-0.3, -0.25) is 0 Å². The van der Waals surface area contributed by atoms with Gasteiger partial charge < -0.3 is 19.5 Å². The topological polar surface area (TPSA) is 73.9 Å². The van der Waals surface area contributed by atoms with Crippen LogP contribution in [0.1, 0.15) is 48.0 Å². The molecule has 0 aliphatic heterocycles. The van der Waals surface area contributed by atoms with Gasteiger partial charge in [0.1, 0.15) is 5.60 Å². The second kappa shape index (κ2) is 9.15. The molecule has 0 aliphatic carbocycles. The van der Waals surface area contributed by atoms with Gasteiger partial charge in [0.25, 0.3) is 0 Å². The third kappa shape index (κ3) is 7.42. The van der Waals surface area contributed by atoms with Crippen LogP contribution in [0.2, 0.25) is 0 Å². The largest absolute Gasteiger partial charge is 0.461 e. The number of carbonyl (C=O) groups is 2. The Morgan fingerprint density at radius 2 is 1.71 bits per heavy atom. The van der Waals surface area contributed by atoms with E-state index in [1.807, 2.05) is 0 Å². The monoisotopic (exact) mass is 353 g/mol. The molecule has 1 N–H and O–H groups in total. The molecule has 142 valence electrons. The molecule has 0 aromatic heterocycles. The van der Waals surface area contributed by atoms with Crippen molar-refractivity contribution in [1.29, 1.82) is 0 Å². The lowest BCUT2D eigenvalue weighted by Crippen LogP contribution is -2.56. The van der Waals surface area contributed by atoms with E-state index in [0.717, 1.165) is 7.11 Å². The maximum absolute atomic E-state index is 14.4. The van der Waals surface area contributed by atoms with Crippen LogP contribution in [0.4, 0.5) is 13.6 Å². The van der Waals surface area contributed by atoms with Crippen molar-refractivity contribution in [3.8, 4) is 0 Å². The van der Waals surface area contributed by atoms with Crippen LogP contribution in [0.25, 0.3) is 0 Å². The summed E-state index contributed by atoms with van der Waals surface area (Å²) in [7, 11) is 1.06. The van der Waals surface area contributed by atoms with Gasteiger partial charge in [-0.25, -0.2) is 9.59 Å². The number of alkyl halides is 2. The zero-order valence-electron chi connectivity index (χ0n) is 15.4. The highest BCUT2D eigenvalue weighted by Gasteiger charge is 2.53. The van der Waals surface area contributed by atoms with Crippen LogP contribution in [0, 0.1) is 5.92 Å². The Morgan fingerprint density at radius 1 is 1.17 bits per heavy atom. The number of halogens is 2. The van der Waals surface area contributed by atoms with E-state index < -0.39 is 35.7 Å². The van der Waals surface area contributed by atoms with Crippen LogP contribution in [0.15, 0.2) is 0 Å². The highest BCUT2D eigenvalue weighted by atomic mass is 19.3. The quantitative estimate of drug-likeness (QED) is 0.679. The molecule has 0 aromatic carbocycles. The van der Waals surface area contributed by atoms with Crippen LogP contribution in [0.5, 0.6) is 0 Å². The first-order valence-electron chi connectivity index (χ1n) is 7.92. The minimum Gasteiger partial charge on any atom is -0.461 e. The van der Waals surface area contributed by atoms with Crippen LogP contribution in [0.3, 0.4) is 0 Å². The average Bonchev–Trinajstić information content (AvgIpc) is 2.35. The summed E-state index contributed by atoms with van der Waals surface area (Å²) in [4.78, 5) is 23.5. The third-order valence-corrected chi connectivity index (χ3v) is 2.95. The lowest BCUT2D eigenvalue weighted by atomic mass is 9.95. The van der Waals surface area contributed by atoms with Gasteiger partial charge in [-0.1, -0.05) is 13.8 Å². The highest BCUT2D eigenvalue weighted by Crippen LogP contribution is 2.28. The molecule has 0 aromatic rings. The molecule has 0 bridgehead atoms. The Bertz CT molecular complexity index is 421. The summed E-state index contributed by atoms with van der Waals surface area (Å²) < 4.78 is 43.1. The molecular weight excluding hydrogens is 324 g/mol. The van der Waals surface area contributed by atoms with E-state index in [-0.39, 0.29) is 18.9 Å². The summed E-state index contributed by atoms with van der Waals surface area (Å²) in [6.45, 7) is 9.83. The van der Waals surface area contributed by atoms with E-state index in [9.17, 15) is 18.4 Å². The summed E-state index contributed by atoms with van der Waals surface area (Å²) in [6, 6.07) is -1.12. The number of amides is 1. The smallest absolute Gasteiger partial charge is 0.407 e. The molecule has 6 nitrogen and oxygen atoms in total. The first-order valence-corrected chi connectivity index (χ1v) is 7.92. The molecule has 0 spiro atoms. The molecule has 0 aliphatic rings. The Kier molecular flexibility index (Phi) is 8.60. The van der Waals surface area contributed by atoms with E-state index in [4.69, 9.17) is 9.47 Å². The maximum atomic E-state index is 14.4. The fraction of sp³-hybridized carbons (Fsp3) is 0.875. The predicted octanol–water partition coefficient (Wildman–Crippen LogP) is 3.14. The van der Waals surface area contributed by atoms with E-state index in [1.165, 1.54) is 6.92 Å². The van der Waals surface area contributed by atoms with E-state index in [1.54, 1.807) is 34.6 Å². The van der Waals surface area contributed by atoms with Crippen LogP contribution >= 0.6 is 0 Å². The molecule has 1 amide bonds. The summed E-state index contributed by atoms with van der Waals surface area (Å²) in [5, 5.41) is 2.39. The number of carbonyl (C=O) groups excluding carboxylic acids is 2. The van der Waals surface area contributed by atoms with Gasteiger partial charge >= 0.3 is 18.0 Å². The predicted molar refractivity (Wildman–Crippen MR) is 85.0 cm³/mol. The molecule has 24 heavy (non-hydrogen) atoms. The van der Waals surface area contributed by atoms with Gasteiger partial charge in [0.05, 0.1) is 12.6 Å². The van der Waals surface area contributed by atoms with Crippen molar-refractivity contribution in [2.75, 3.05) is 13.7 Å². The summed E-state index contributed by atoms with van der Waals surface area (Å²) >= 11 is 0. The average molecular weight is 353 g/mol. The molecule has 2 atom stereocenters. The number of hydrogen-bond donors (Lipinski definition) is 1. The molecule has 0 fully saturated rings. The molecular formula is C16H29F2NO5. The van der Waals surface area contributed by atoms with E-state index >= 15 is 0 Å². The number of alkyl carbamates (subject to hydrolysis) is 1. The Hall–Kier alpha value is -1.44. The van der Waals surface area contributed by atoms with Gasteiger partial charge in [0.2, 0.25) is 0 Å². The molecule has 0 saturated carbocycles. The van der Waals surface area contributed by atoms with Gasteiger partial charge in [0.15, 0.2) is 6.10 Å². The Morgan fingerprint density at radius 3 is 2.08 bits per heavy atom. The third-order valence-electron chi connectivity index (χ3n) is 2.95. The van der Waals surface area contributed by atoms with Crippen molar-refractivity contribution >= 4 is 12.1 Å². The minimum absolute atomic E-state index is 0.0272. The van der Waals surface area contributed by atoms with Gasteiger partial charge in [-0.2, -0.15) is 8.78 Å². The number of esters is 1. The lowest BCUT2D eigenvalue weighted by molar-refractivity contribution is -0.195. The van der Waals surface area contributed by atoms with Crippen LogP contribution in [-0.4, -0.2) is 49.4 Å². The van der Waals surface area contributed by atoms with Crippen molar-refractivity contribution < 1.29 is 32.6 Å². The second-order valence-corrected chi connectivity index (χ2v) is 6.88. The van der Waals surface area contributed by atoms with Crippen molar-refractivity contribution in [3.05, 3.63) is 0 Å². The number of hydrogen-bond acceptors (Lipinski definition) is 5. The molecule has 0 saturated heterocycles. The maximum Gasteiger partial charge on any atom is 0.407 e. The van der Waals surface area contributed by atoms with Crippen molar-refractivity contribution in [2.24, 2.45) is 5.92 Å². The van der Waals surface area contributed by atoms with Gasteiger partial charge in [-0.15, -0.1) is 0 Å². The number of ether oxygens (including phenoxy) is 3. The molecule has 8 heteroatoms. The molecule has 0 heterocycles. The zero-order chi connectivity index (χ0) is 19.1. The van der Waals surface area contributed by atoms with Crippen molar-refractivity contribution in [2.45, 2.75) is 71.6 Å². The Labute approximate surface area is 142 Å². The number of rotatable bonds is 8. The second-order valence-electron chi connectivity index (χ2n) is 6.88. The van der Waals surface area contributed by atoms with Crippen molar-refractivity contribution in [3.63, 3.8) is 0 Å². The normalized spacial score (nSPS) is 14.9. The van der Waals surface area contributed by atoms with Gasteiger partial charge in [0, 0.05) is 7.11 Å². The van der Waals surface area contributed by atoms with E-state index in [2.05, 4.69) is 10.1 Å². The fourth-order valence-electron chi connectivity index (χ4n) is 2.13. The first kappa shape index (κ1) is 22.6. The summed E-state index contributed by atoms with van der Waals surface area (Å²) in [5.41, 5.74) is -0.779. The SMILES string of the molecule is CCOC(=O)C(F)(F)[C@H](OC)[C@H](CC(C)C)NC(=O)OC(C)(C)C. The number of methoxy groups -OCH3 is 1. The molecule has 0 rings (SSSR count). The van der Waals surface area contributed by atoms with Crippen LogP contribution < -0.4 is 5.32 Å². The molecule has 0 unspecified atom stereocenters. The standard InChI is InChI=1S/C16H29F2NO5/c1-8-23-13(20)16(17,18)12(22-7)11(9-10(2)3)19-14(21)24-15(4,5)6/h10-12H,8-9H2,1-7H3,(H,19,21)/t11-,12+/m0/s1. The fourth-order valence-corrected chi connectivity index (χ4v) is 2.13. The van der Waals surface area contributed by atoms with Gasteiger partial charge in [-0.05, 0) is 40.0 Å².